The van der Waals surface area contributed by atoms with Gasteiger partial charge in [0.05, 0.1) is 45.5 Å². The van der Waals surface area contributed by atoms with Gasteiger partial charge in [0.1, 0.15) is 32.0 Å². The van der Waals surface area contributed by atoms with E-state index in [1.807, 2.05) is 46.9 Å². The number of rotatable bonds is 17. The summed E-state index contributed by atoms with van der Waals surface area (Å²) in [5.41, 5.74) is 8.71. The van der Waals surface area contributed by atoms with Gasteiger partial charge in [0.25, 0.3) is 0 Å². The fraction of sp³-hybridized carbons (Fsp3) is 0.227. The van der Waals surface area contributed by atoms with Crippen LogP contribution in [0.25, 0.3) is 11.4 Å². The molecule has 0 amide bonds. The van der Waals surface area contributed by atoms with Crippen LogP contribution in [0.2, 0.25) is 15.1 Å². The van der Waals surface area contributed by atoms with Crippen LogP contribution in [0.5, 0.6) is 0 Å². The van der Waals surface area contributed by atoms with E-state index in [9.17, 15) is 35.3 Å². The number of H-pyrrole nitrogens is 1. The third-order valence-corrected chi connectivity index (χ3v) is 15.6. The maximum absolute atomic E-state index is 12.1. The summed E-state index contributed by atoms with van der Waals surface area (Å²) < 4.78 is 105. The number of oxime groups is 1. The Morgan fingerprint density at radius 1 is 0.732 bits per heavy atom. The largest absolute Gasteiger partial charge is 0.469 e. The lowest BCUT2D eigenvalue weighted by atomic mass is 10.0. The van der Waals surface area contributed by atoms with Crippen molar-refractivity contribution in [1.29, 1.82) is 5.26 Å². The highest BCUT2D eigenvalue weighted by Crippen LogP contribution is 2.32. The van der Waals surface area contributed by atoms with Gasteiger partial charge in [0, 0.05) is 31.8 Å². The number of nitrogens with one attached hydrogen (secondary N) is 4. The number of hydrogen-bond donors (Lipinski definition) is 6. The predicted octanol–water partition coefficient (Wildman–Crippen LogP) is 7.24. The first-order valence-corrected chi connectivity index (χ1v) is 27.4. The first-order chi connectivity index (χ1) is 34.2. The summed E-state index contributed by atoms with van der Waals surface area (Å²) in [6, 6.07) is 21.4. The molecule has 380 valence electrons. The number of amidine groups is 1. The van der Waals surface area contributed by atoms with E-state index in [4.69, 9.17) is 60.4 Å². The molecule has 4 aromatic heterocycles. The minimum absolute atomic E-state index is 0.0586. The van der Waals surface area contributed by atoms with Crippen molar-refractivity contribution >= 4 is 93.3 Å². The molecule has 0 bridgehead atoms. The number of alkyl halides is 1. The molecule has 0 aliphatic carbocycles. The van der Waals surface area contributed by atoms with E-state index in [1.54, 1.807) is 37.0 Å². The summed E-state index contributed by atoms with van der Waals surface area (Å²) >= 11 is 20.2. The Labute approximate surface area is 439 Å². The summed E-state index contributed by atoms with van der Waals surface area (Å²) in [7, 11) is -7.37. The van der Waals surface area contributed by atoms with Gasteiger partial charge in [0.15, 0.2) is 11.7 Å². The second kappa shape index (κ2) is 26.8. The smallest absolute Gasteiger partial charge is 0.439 e. The van der Waals surface area contributed by atoms with Gasteiger partial charge in [-0.1, -0.05) is 67.7 Å². The quantitative estimate of drug-likeness (QED) is 0.0131. The van der Waals surface area contributed by atoms with Crippen LogP contribution in [0.4, 0.5) is 0 Å². The van der Waals surface area contributed by atoms with Crippen molar-refractivity contribution in [1.82, 2.24) is 24.3 Å². The van der Waals surface area contributed by atoms with Crippen molar-refractivity contribution in [2.75, 3.05) is 26.0 Å². The number of nitrogens with two attached hydrogens (primary N) is 1. The molecule has 3 aromatic carbocycles. The molecular weight excluding hydrogens is 1160 g/mol. The van der Waals surface area contributed by atoms with Crippen LogP contribution in [-0.4, -0.2) is 72.5 Å². The number of sulfonamides is 3. The molecule has 71 heavy (non-hydrogen) atoms. The number of aromatic nitrogens is 2. The SMILES string of the molecule is CNS(=O)(=O)c1cc(-c2noc(=O)[nH]2)c(CCc2ccco2)cc1Cl.CNS(=O)(=O)c1cc(/C(N)=N\O)c(CCc2ccco2)cc1Cl.CNS(=O)(=O)c1cc(C#N)c(CCc2ccco2)cc1Cl.[2H]CI. The predicted molar refractivity (Wildman–Crippen MR) is 275 cm³/mol. The number of benzene rings is 3. The average Bonchev–Trinajstić information content (AvgIpc) is 4.23. The minimum Gasteiger partial charge on any atom is -0.469 e. The summed E-state index contributed by atoms with van der Waals surface area (Å²) in [5.74, 6) is 1.52. The summed E-state index contributed by atoms with van der Waals surface area (Å²) in [5, 5.41) is 25.0. The zero-order valence-corrected chi connectivity index (χ0v) is 44.6. The maximum Gasteiger partial charge on any atom is 0.439 e. The van der Waals surface area contributed by atoms with Crippen molar-refractivity contribution in [3.8, 4) is 17.5 Å². The van der Waals surface area contributed by atoms with E-state index >= 15 is 0 Å². The van der Waals surface area contributed by atoms with E-state index in [2.05, 4.69) is 34.0 Å². The molecule has 0 aliphatic heterocycles. The van der Waals surface area contributed by atoms with Crippen LogP contribution in [0, 0.1) is 11.3 Å². The number of nitrogens with zero attached hydrogens (tertiary/aromatic N) is 3. The third kappa shape index (κ3) is 15.8. The zero-order chi connectivity index (χ0) is 53.2. The molecule has 0 saturated heterocycles. The van der Waals surface area contributed by atoms with Gasteiger partial charge in [-0.2, -0.15) is 5.26 Å². The van der Waals surface area contributed by atoms with E-state index < -0.39 is 35.8 Å². The Hall–Kier alpha value is -5.47. The molecule has 0 radical (unpaired) electrons. The lowest BCUT2D eigenvalue weighted by Crippen LogP contribution is -2.22. The van der Waals surface area contributed by atoms with Crippen molar-refractivity contribution in [3.63, 3.8) is 0 Å². The second-order valence-corrected chi connectivity index (χ2v) is 21.0. The Bertz CT molecular complexity index is 3370. The molecule has 0 spiro atoms. The highest BCUT2D eigenvalue weighted by Gasteiger charge is 2.23. The van der Waals surface area contributed by atoms with Crippen molar-refractivity contribution in [3.05, 3.63) is 162 Å². The van der Waals surface area contributed by atoms with Gasteiger partial charge < -0.3 is 24.2 Å². The van der Waals surface area contributed by atoms with Gasteiger partial charge in [-0.15, -0.1) is 0 Å². The van der Waals surface area contributed by atoms with Crippen LogP contribution >= 0.6 is 57.4 Å². The normalized spacial score (nSPS) is 11.8. The van der Waals surface area contributed by atoms with Crippen molar-refractivity contribution < 1.29 is 49.6 Å². The molecule has 20 nitrogen and oxygen atoms in total. The molecule has 0 saturated carbocycles. The van der Waals surface area contributed by atoms with Gasteiger partial charge in [-0.25, -0.2) is 44.2 Å². The first-order valence-electron chi connectivity index (χ1n) is 21.0. The molecule has 0 fully saturated rings. The molecule has 4 heterocycles. The summed E-state index contributed by atoms with van der Waals surface area (Å²) in [6.07, 6.45) is 7.97. The first kappa shape index (κ1) is 56.4. The molecule has 7 aromatic rings. The van der Waals surface area contributed by atoms with Crippen LogP contribution in [-0.2, 0) is 68.6 Å². The van der Waals surface area contributed by atoms with Gasteiger partial charge in [-0.3, -0.25) is 9.51 Å². The van der Waals surface area contributed by atoms with Crippen LogP contribution in [0.15, 0.2) is 134 Å². The number of aromatic amines is 1. The Morgan fingerprint density at radius 3 is 1.54 bits per heavy atom. The second-order valence-electron chi connectivity index (χ2n) is 14.2. The molecule has 0 atom stereocenters. The van der Waals surface area contributed by atoms with E-state index in [-0.39, 0.29) is 41.4 Å². The number of hydrogen-bond acceptors (Lipinski definition) is 15. The molecular formula is C44H46Cl3IN8O12S3. The third-order valence-electron chi connectivity index (χ3n) is 10.0. The van der Waals surface area contributed by atoms with Gasteiger partial charge in [0.2, 0.25) is 30.1 Å². The molecule has 0 unspecified atom stereocenters. The maximum atomic E-state index is 12.1. The summed E-state index contributed by atoms with van der Waals surface area (Å²) in [6.45, 7) is 0. The van der Waals surface area contributed by atoms with E-state index in [0.717, 1.165) is 17.3 Å². The van der Waals surface area contributed by atoms with Crippen molar-refractivity contribution in [2.45, 2.75) is 53.2 Å². The Morgan fingerprint density at radius 2 is 1.14 bits per heavy atom. The molecule has 0 aliphatic rings. The van der Waals surface area contributed by atoms with Crippen LogP contribution in [0.1, 0.15) is 46.5 Å². The van der Waals surface area contributed by atoms with Gasteiger partial charge in [-0.05, 0) is 135 Å². The van der Waals surface area contributed by atoms with Crippen molar-refractivity contribution in [2.24, 2.45) is 10.9 Å². The minimum atomic E-state index is -3.78. The lowest BCUT2D eigenvalue weighted by molar-refractivity contribution is 0.318. The Balaban J connectivity index is 0.000000229. The van der Waals surface area contributed by atoms with Crippen LogP contribution in [0.3, 0.4) is 0 Å². The molecule has 27 heteroatoms. The topological polar surface area (TPSA) is 319 Å². The number of furan rings is 3. The van der Waals surface area contributed by atoms with Crippen LogP contribution < -0.4 is 25.7 Å². The fourth-order valence-electron chi connectivity index (χ4n) is 6.45. The van der Waals surface area contributed by atoms with E-state index in [1.165, 1.54) is 57.5 Å². The number of halogens is 4. The standard InChI is InChI=1S/C15H14ClN3O5S.C14H16ClN3O4S.C14H13ClN2O3S.CH3I/c1-17-25(21,22)13-8-11(14-18-15(20)24-19-14)9(7-12(13)16)4-5-10-3-2-6-23-10;1-17-23(20,21)13-8-11(14(16)18-19)9(7-12(13)15)4-5-10-3-2-6-22-10;1-17-21(18,19)14-8-11(9-16)10(7-13(14)15)4-5-12-3-2-6-20-12;1-2/h2-3,6-8,17H,4-5H2,1H3,(H,18,19,20);2-3,6-8,17,19H,4-5H2,1H3,(H2,16,18);2-3,6-8,17H,4-5H2,1H3;1H3/i;;;1D. The highest BCUT2D eigenvalue weighted by molar-refractivity contribution is 14.1. The highest BCUT2D eigenvalue weighted by atomic mass is 127. The molecule has 7 N–H and O–H groups in total. The van der Waals surface area contributed by atoms with E-state index in [0.29, 0.717) is 76.8 Å². The summed E-state index contributed by atoms with van der Waals surface area (Å²) in [4.78, 5) is 13.8. The average molecular weight is 1210 g/mol. The molecule has 7 rings (SSSR count). The zero-order valence-electron chi connectivity index (χ0n) is 38.7. The number of aryl methyl sites for hydroxylation is 6. The fourth-order valence-corrected chi connectivity index (χ4v) is 10.4. The number of nitriles is 1. The van der Waals surface area contributed by atoms with Gasteiger partial charge >= 0.3 is 5.76 Å². The Kier molecular flexibility index (Phi) is 21.3. The monoisotopic (exact) mass is 1210 g/mol. The lowest BCUT2D eigenvalue weighted by Gasteiger charge is -2.12.